The third kappa shape index (κ3) is 4.31. The highest BCUT2D eigenvalue weighted by atomic mass is 19.4. The zero-order valence-electron chi connectivity index (χ0n) is 12.1. The third-order valence-corrected chi connectivity index (χ3v) is 3.46. The number of hydrogen-bond acceptors (Lipinski definition) is 3. The van der Waals surface area contributed by atoms with Crippen LogP contribution < -0.4 is 5.56 Å². The van der Waals surface area contributed by atoms with E-state index in [-0.39, 0.29) is 18.8 Å². The molecule has 1 aromatic heterocycles. The van der Waals surface area contributed by atoms with Gasteiger partial charge >= 0.3 is 6.18 Å². The van der Waals surface area contributed by atoms with Crippen LogP contribution in [-0.2, 0) is 17.5 Å². The quantitative estimate of drug-likeness (QED) is 0.856. The fourth-order valence-electron chi connectivity index (χ4n) is 2.59. The summed E-state index contributed by atoms with van der Waals surface area (Å²) in [4.78, 5) is 13.8. The summed E-state index contributed by atoms with van der Waals surface area (Å²) < 4.78 is 44.7. The highest BCUT2D eigenvalue weighted by Crippen LogP contribution is 2.28. The Balaban J connectivity index is 2.04. The predicted octanol–water partition coefficient (Wildman–Crippen LogP) is 1.98. The van der Waals surface area contributed by atoms with E-state index >= 15 is 0 Å². The predicted molar refractivity (Wildman–Crippen MR) is 72.2 cm³/mol. The summed E-state index contributed by atoms with van der Waals surface area (Å²) in [6.45, 7) is 6.12. The maximum absolute atomic E-state index is 12.7. The van der Waals surface area contributed by atoms with Gasteiger partial charge in [0.2, 0.25) is 0 Å². The molecule has 2 heterocycles. The van der Waals surface area contributed by atoms with Gasteiger partial charge < -0.3 is 9.30 Å². The second-order valence-electron chi connectivity index (χ2n) is 5.46. The summed E-state index contributed by atoms with van der Waals surface area (Å²) in [6, 6.07) is 1.78. The lowest BCUT2D eigenvalue weighted by atomic mass is 10.2. The Labute approximate surface area is 121 Å². The molecule has 1 saturated heterocycles. The lowest BCUT2D eigenvalue weighted by Gasteiger charge is -2.35. The van der Waals surface area contributed by atoms with Crippen LogP contribution >= 0.6 is 0 Å². The molecular formula is C14H19F3N2O2. The molecule has 7 heteroatoms. The molecule has 0 radical (unpaired) electrons. The van der Waals surface area contributed by atoms with Crippen molar-refractivity contribution >= 4 is 0 Å². The van der Waals surface area contributed by atoms with Gasteiger partial charge in [-0.3, -0.25) is 9.69 Å². The van der Waals surface area contributed by atoms with Crippen molar-refractivity contribution < 1.29 is 17.9 Å². The molecule has 0 bridgehead atoms. The van der Waals surface area contributed by atoms with Gasteiger partial charge in [0.15, 0.2) is 0 Å². The molecule has 2 atom stereocenters. The van der Waals surface area contributed by atoms with Gasteiger partial charge in [-0.15, -0.1) is 0 Å². The minimum absolute atomic E-state index is 0.0898. The number of halogens is 3. The fraction of sp³-hybridized carbons (Fsp3) is 0.643. The molecule has 0 saturated carbocycles. The first-order valence-corrected chi connectivity index (χ1v) is 6.91. The summed E-state index contributed by atoms with van der Waals surface area (Å²) in [5, 5.41) is 0. The van der Waals surface area contributed by atoms with E-state index in [2.05, 4.69) is 4.90 Å². The van der Waals surface area contributed by atoms with Crippen LogP contribution in [0.4, 0.5) is 13.2 Å². The molecule has 0 spiro atoms. The van der Waals surface area contributed by atoms with Crippen molar-refractivity contribution in [2.45, 2.75) is 38.8 Å². The maximum atomic E-state index is 12.7. The number of pyridine rings is 1. The van der Waals surface area contributed by atoms with Gasteiger partial charge in [-0.25, -0.2) is 0 Å². The second-order valence-corrected chi connectivity index (χ2v) is 5.46. The van der Waals surface area contributed by atoms with Crippen LogP contribution in [0.1, 0.15) is 19.4 Å². The third-order valence-electron chi connectivity index (χ3n) is 3.46. The molecular weight excluding hydrogens is 285 g/mol. The molecule has 21 heavy (non-hydrogen) atoms. The number of morpholine rings is 1. The van der Waals surface area contributed by atoms with E-state index in [1.807, 2.05) is 13.8 Å². The molecule has 1 aliphatic heterocycles. The zero-order chi connectivity index (χ0) is 15.6. The Morgan fingerprint density at radius 1 is 1.19 bits per heavy atom. The SMILES string of the molecule is CC1CN(CCn2cc(C(F)(F)F)ccc2=O)CC(C)O1. The molecule has 1 aromatic rings. The summed E-state index contributed by atoms with van der Waals surface area (Å²) in [6.07, 6.45) is -3.37. The van der Waals surface area contributed by atoms with Crippen molar-refractivity contribution in [2.24, 2.45) is 0 Å². The number of aromatic nitrogens is 1. The normalized spacial score (nSPS) is 24.2. The number of rotatable bonds is 3. The van der Waals surface area contributed by atoms with Gasteiger partial charge in [-0.05, 0) is 19.9 Å². The monoisotopic (exact) mass is 304 g/mol. The van der Waals surface area contributed by atoms with Gasteiger partial charge in [-0.2, -0.15) is 13.2 Å². The van der Waals surface area contributed by atoms with Crippen molar-refractivity contribution in [1.29, 1.82) is 0 Å². The Bertz CT molecular complexity index is 532. The van der Waals surface area contributed by atoms with Crippen molar-refractivity contribution in [3.05, 3.63) is 34.2 Å². The van der Waals surface area contributed by atoms with Crippen molar-refractivity contribution in [3.8, 4) is 0 Å². The van der Waals surface area contributed by atoms with Gasteiger partial charge in [0, 0.05) is 38.4 Å². The highest BCUT2D eigenvalue weighted by Gasteiger charge is 2.31. The van der Waals surface area contributed by atoms with Crippen LogP contribution in [0, 0.1) is 0 Å². The Morgan fingerprint density at radius 2 is 1.81 bits per heavy atom. The standard InChI is InChI=1S/C14H19F3N2O2/c1-10-7-18(8-11(2)21-10)5-6-19-9-12(14(15,16)17)3-4-13(19)20/h3-4,9-11H,5-8H2,1-2H3. The Hall–Kier alpha value is -1.34. The largest absolute Gasteiger partial charge is 0.417 e. The van der Waals surface area contributed by atoms with E-state index < -0.39 is 17.3 Å². The van der Waals surface area contributed by atoms with Gasteiger partial charge in [0.05, 0.1) is 17.8 Å². The average molecular weight is 304 g/mol. The molecule has 118 valence electrons. The van der Waals surface area contributed by atoms with Gasteiger partial charge in [0.1, 0.15) is 0 Å². The summed E-state index contributed by atoms with van der Waals surface area (Å²) in [5.41, 5.74) is -1.22. The number of alkyl halides is 3. The molecule has 2 rings (SSSR count). The Morgan fingerprint density at radius 3 is 2.38 bits per heavy atom. The molecule has 0 amide bonds. The van der Waals surface area contributed by atoms with Crippen molar-refractivity contribution in [3.63, 3.8) is 0 Å². The van der Waals surface area contributed by atoms with E-state index in [9.17, 15) is 18.0 Å². The lowest BCUT2D eigenvalue weighted by Crippen LogP contribution is -2.46. The van der Waals surface area contributed by atoms with Crippen LogP contribution in [0.2, 0.25) is 0 Å². The fourth-order valence-corrected chi connectivity index (χ4v) is 2.59. The second kappa shape index (κ2) is 6.19. The lowest BCUT2D eigenvalue weighted by molar-refractivity contribution is -0.138. The van der Waals surface area contributed by atoms with E-state index in [1.165, 1.54) is 0 Å². The minimum atomic E-state index is -4.43. The molecule has 1 aliphatic rings. The van der Waals surface area contributed by atoms with Crippen LogP contribution in [0.25, 0.3) is 0 Å². The minimum Gasteiger partial charge on any atom is -0.373 e. The summed E-state index contributed by atoms with van der Waals surface area (Å²) in [5.74, 6) is 0. The highest BCUT2D eigenvalue weighted by molar-refractivity contribution is 5.13. The number of ether oxygens (including phenoxy) is 1. The summed E-state index contributed by atoms with van der Waals surface area (Å²) in [7, 11) is 0. The van der Waals surface area contributed by atoms with E-state index in [4.69, 9.17) is 4.74 Å². The molecule has 2 unspecified atom stereocenters. The van der Waals surface area contributed by atoms with Gasteiger partial charge in [-0.1, -0.05) is 0 Å². The van der Waals surface area contributed by atoms with Gasteiger partial charge in [0.25, 0.3) is 5.56 Å². The van der Waals surface area contributed by atoms with Crippen molar-refractivity contribution in [1.82, 2.24) is 9.47 Å². The van der Waals surface area contributed by atoms with Crippen LogP contribution in [-0.4, -0.2) is 41.3 Å². The Kier molecular flexibility index (Phi) is 4.73. The number of nitrogens with zero attached hydrogens (tertiary/aromatic N) is 2. The smallest absolute Gasteiger partial charge is 0.373 e. The van der Waals surface area contributed by atoms with E-state index in [1.54, 1.807) is 0 Å². The van der Waals surface area contributed by atoms with E-state index in [0.29, 0.717) is 6.54 Å². The summed E-state index contributed by atoms with van der Waals surface area (Å²) >= 11 is 0. The first-order valence-electron chi connectivity index (χ1n) is 6.91. The maximum Gasteiger partial charge on any atom is 0.417 e. The number of hydrogen-bond donors (Lipinski definition) is 0. The average Bonchev–Trinajstić information content (AvgIpc) is 2.35. The van der Waals surface area contributed by atoms with Crippen LogP contribution in [0.5, 0.6) is 0 Å². The topological polar surface area (TPSA) is 34.5 Å². The first kappa shape index (κ1) is 16.0. The van der Waals surface area contributed by atoms with Crippen molar-refractivity contribution in [2.75, 3.05) is 19.6 Å². The van der Waals surface area contributed by atoms with Crippen LogP contribution in [0.3, 0.4) is 0 Å². The molecule has 0 aliphatic carbocycles. The molecule has 0 N–H and O–H groups in total. The van der Waals surface area contributed by atoms with Crippen LogP contribution in [0.15, 0.2) is 23.1 Å². The zero-order valence-corrected chi connectivity index (χ0v) is 12.1. The molecule has 0 aromatic carbocycles. The molecule has 1 fully saturated rings. The van der Waals surface area contributed by atoms with E-state index in [0.717, 1.165) is 36.0 Å². The first-order chi connectivity index (χ1) is 9.75. The molecule has 4 nitrogen and oxygen atoms in total.